The van der Waals surface area contributed by atoms with Crippen LogP contribution in [0.2, 0.25) is 0 Å². The van der Waals surface area contributed by atoms with Gasteiger partial charge in [0.25, 0.3) is 16.0 Å². The summed E-state index contributed by atoms with van der Waals surface area (Å²) in [4.78, 5) is 31.5. The van der Waals surface area contributed by atoms with Gasteiger partial charge in [-0.1, -0.05) is 30.3 Å². The van der Waals surface area contributed by atoms with Gasteiger partial charge in [0, 0.05) is 53.3 Å². The lowest BCUT2D eigenvalue weighted by molar-refractivity contribution is -0.163. The van der Waals surface area contributed by atoms with E-state index in [4.69, 9.17) is 23.1 Å². The zero-order valence-corrected chi connectivity index (χ0v) is 24.7. The van der Waals surface area contributed by atoms with Gasteiger partial charge >= 0.3 is 6.09 Å². The van der Waals surface area contributed by atoms with Crippen molar-refractivity contribution in [3.05, 3.63) is 35.9 Å². The number of piperidine rings is 1. The van der Waals surface area contributed by atoms with Crippen LogP contribution in [-0.4, -0.2) is 101 Å². The van der Waals surface area contributed by atoms with Gasteiger partial charge in [0.15, 0.2) is 11.8 Å². The molecule has 3 rings (SSSR count). The average molecular weight is 571 g/mol. The number of fused-ring (bicyclic) bond motifs is 1. The van der Waals surface area contributed by atoms with Crippen molar-refractivity contribution >= 4 is 22.1 Å². The van der Waals surface area contributed by atoms with Gasteiger partial charge in [-0.3, -0.25) is 13.9 Å². The SMILES string of the molecule is COC[C@H](OS(C)(=O)=O)[C@@]12C(=O)N(Cc3ccccc3)CC[C@@H]1C(CC(OC)OC)CN2C(=O)OC(C)(C)C. The molecule has 2 fully saturated rings. The van der Waals surface area contributed by atoms with E-state index in [0.717, 1.165) is 11.8 Å². The summed E-state index contributed by atoms with van der Waals surface area (Å²) in [5.74, 6) is -1.15. The van der Waals surface area contributed by atoms with Crippen molar-refractivity contribution in [3.63, 3.8) is 0 Å². The van der Waals surface area contributed by atoms with Crippen molar-refractivity contribution in [1.29, 1.82) is 0 Å². The average Bonchev–Trinajstić information content (AvgIpc) is 3.18. The first-order chi connectivity index (χ1) is 18.3. The third-order valence-electron chi connectivity index (χ3n) is 7.29. The largest absolute Gasteiger partial charge is 0.444 e. The molecule has 1 aromatic carbocycles. The third kappa shape index (κ3) is 7.10. The fraction of sp³-hybridized carbons (Fsp3) is 0.704. The van der Waals surface area contributed by atoms with E-state index >= 15 is 0 Å². The molecule has 220 valence electrons. The lowest BCUT2D eigenvalue weighted by atomic mass is 9.70. The fourth-order valence-electron chi connectivity index (χ4n) is 5.86. The van der Waals surface area contributed by atoms with Crippen LogP contribution >= 0.6 is 0 Å². The van der Waals surface area contributed by atoms with Crippen molar-refractivity contribution in [2.45, 2.75) is 63.7 Å². The summed E-state index contributed by atoms with van der Waals surface area (Å²) in [5, 5.41) is 0. The number of amides is 2. The van der Waals surface area contributed by atoms with Gasteiger partial charge < -0.3 is 23.8 Å². The highest BCUT2D eigenvalue weighted by atomic mass is 32.2. The van der Waals surface area contributed by atoms with Gasteiger partial charge in [-0.25, -0.2) is 4.79 Å². The number of hydrogen-bond donors (Lipinski definition) is 0. The summed E-state index contributed by atoms with van der Waals surface area (Å²) < 4.78 is 52.7. The van der Waals surface area contributed by atoms with E-state index in [2.05, 4.69) is 0 Å². The minimum absolute atomic E-state index is 0.126. The molecule has 2 saturated heterocycles. The van der Waals surface area contributed by atoms with E-state index in [1.807, 2.05) is 30.3 Å². The number of carbonyl (C=O) groups is 2. The molecule has 2 aliphatic heterocycles. The van der Waals surface area contributed by atoms with Crippen LogP contribution < -0.4 is 0 Å². The number of methoxy groups -OCH3 is 3. The number of likely N-dealkylation sites (tertiary alicyclic amines) is 2. The van der Waals surface area contributed by atoms with Crippen LogP contribution in [0.4, 0.5) is 4.79 Å². The molecule has 1 unspecified atom stereocenters. The molecular weight excluding hydrogens is 528 g/mol. The summed E-state index contributed by atoms with van der Waals surface area (Å²) in [5.41, 5.74) is -1.65. The van der Waals surface area contributed by atoms with Gasteiger partial charge in [-0.15, -0.1) is 0 Å². The molecule has 2 amide bonds. The number of rotatable bonds is 11. The fourth-order valence-corrected chi connectivity index (χ4v) is 6.49. The molecule has 0 N–H and O–H groups in total. The molecule has 0 aromatic heterocycles. The van der Waals surface area contributed by atoms with Gasteiger partial charge in [0.1, 0.15) is 11.7 Å². The molecule has 0 radical (unpaired) electrons. The van der Waals surface area contributed by atoms with E-state index < -0.39 is 51.6 Å². The highest BCUT2D eigenvalue weighted by Gasteiger charge is 2.68. The van der Waals surface area contributed by atoms with Gasteiger partial charge in [0.2, 0.25) is 0 Å². The van der Waals surface area contributed by atoms with Gasteiger partial charge in [-0.2, -0.15) is 8.42 Å². The molecule has 2 aliphatic rings. The van der Waals surface area contributed by atoms with E-state index in [0.29, 0.717) is 19.4 Å². The Labute approximate surface area is 231 Å². The standard InChI is InChI=1S/C27H42N2O9S/c1-26(2,3)37-25(31)29-17-20(15-23(35-5)36-6)21-13-14-28(16-19-11-9-8-10-12-19)24(30)27(21,29)22(18-34-4)38-39(7,32)33/h8-12,20-23H,13-18H2,1-7H3/t20?,21-,22+,27-/m1/s1. The Hall–Kier alpha value is -2.25. The van der Waals surface area contributed by atoms with Crippen molar-refractivity contribution in [2.75, 3.05) is 47.3 Å². The molecule has 0 bridgehead atoms. The van der Waals surface area contributed by atoms with Crippen LogP contribution in [0.5, 0.6) is 0 Å². The second-order valence-corrected chi connectivity index (χ2v) is 12.8. The maximum absolute atomic E-state index is 14.7. The van der Waals surface area contributed by atoms with E-state index in [-0.39, 0.29) is 25.6 Å². The van der Waals surface area contributed by atoms with E-state index in [1.165, 1.54) is 26.2 Å². The molecule has 39 heavy (non-hydrogen) atoms. The molecule has 0 spiro atoms. The molecule has 2 heterocycles. The second kappa shape index (κ2) is 12.5. The Kier molecular flexibility index (Phi) is 10.0. The molecule has 4 atom stereocenters. The van der Waals surface area contributed by atoms with Gasteiger partial charge in [0.05, 0.1) is 12.9 Å². The quantitative estimate of drug-likeness (QED) is 0.292. The molecule has 1 aromatic rings. The lowest BCUT2D eigenvalue weighted by Crippen LogP contribution is -2.71. The van der Waals surface area contributed by atoms with Crippen molar-refractivity contribution in [2.24, 2.45) is 11.8 Å². The predicted molar refractivity (Wildman–Crippen MR) is 143 cm³/mol. The first-order valence-electron chi connectivity index (χ1n) is 13.0. The Bertz CT molecular complexity index is 1090. The van der Waals surface area contributed by atoms with E-state index in [1.54, 1.807) is 25.7 Å². The molecule has 11 nitrogen and oxygen atoms in total. The smallest absolute Gasteiger partial charge is 0.411 e. The van der Waals surface area contributed by atoms with Crippen LogP contribution in [0.15, 0.2) is 30.3 Å². The summed E-state index contributed by atoms with van der Waals surface area (Å²) in [6, 6.07) is 9.49. The first kappa shape index (κ1) is 31.3. The molecule has 12 heteroatoms. The highest BCUT2D eigenvalue weighted by Crippen LogP contribution is 2.50. The summed E-state index contributed by atoms with van der Waals surface area (Å²) in [6.45, 7) is 5.80. The summed E-state index contributed by atoms with van der Waals surface area (Å²) >= 11 is 0. The first-order valence-corrected chi connectivity index (χ1v) is 14.8. The number of nitrogens with zero attached hydrogens (tertiary/aromatic N) is 2. The van der Waals surface area contributed by atoms with Gasteiger partial charge in [-0.05, 0) is 38.7 Å². The Morgan fingerprint density at radius 1 is 1.13 bits per heavy atom. The Balaban J connectivity index is 2.19. The highest BCUT2D eigenvalue weighted by molar-refractivity contribution is 7.86. The summed E-state index contributed by atoms with van der Waals surface area (Å²) in [7, 11) is 0.395. The lowest BCUT2D eigenvalue weighted by Gasteiger charge is -2.50. The van der Waals surface area contributed by atoms with Crippen molar-refractivity contribution in [1.82, 2.24) is 9.80 Å². The Morgan fingerprint density at radius 3 is 2.31 bits per heavy atom. The molecule has 0 aliphatic carbocycles. The third-order valence-corrected chi connectivity index (χ3v) is 7.87. The topological polar surface area (TPSA) is 121 Å². The van der Waals surface area contributed by atoms with Crippen LogP contribution in [0, 0.1) is 11.8 Å². The zero-order chi connectivity index (χ0) is 29.0. The van der Waals surface area contributed by atoms with Crippen molar-refractivity contribution in [3.8, 4) is 0 Å². The second-order valence-electron chi connectivity index (χ2n) is 11.2. The minimum atomic E-state index is -4.05. The van der Waals surface area contributed by atoms with Crippen LogP contribution in [0.1, 0.15) is 39.2 Å². The summed E-state index contributed by atoms with van der Waals surface area (Å²) in [6.07, 6.45) is -0.823. The molecular formula is C27H42N2O9S. The van der Waals surface area contributed by atoms with Crippen LogP contribution in [0.3, 0.4) is 0 Å². The molecule has 0 saturated carbocycles. The zero-order valence-electron chi connectivity index (χ0n) is 23.9. The number of hydrogen-bond acceptors (Lipinski definition) is 9. The number of benzene rings is 1. The number of carbonyl (C=O) groups excluding carboxylic acids is 2. The monoisotopic (exact) mass is 570 g/mol. The maximum Gasteiger partial charge on any atom is 0.411 e. The predicted octanol–water partition coefficient (Wildman–Crippen LogP) is 2.64. The minimum Gasteiger partial charge on any atom is -0.444 e. The van der Waals surface area contributed by atoms with Crippen LogP contribution in [0.25, 0.3) is 0 Å². The normalized spacial score (nSPS) is 24.7. The number of ether oxygens (including phenoxy) is 4. The van der Waals surface area contributed by atoms with Crippen molar-refractivity contribution < 1.29 is 41.1 Å². The van der Waals surface area contributed by atoms with E-state index in [9.17, 15) is 18.0 Å². The maximum atomic E-state index is 14.7. The van der Waals surface area contributed by atoms with Crippen LogP contribution in [-0.2, 0) is 44.6 Å². The Morgan fingerprint density at radius 2 is 1.77 bits per heavy atom.